The number of aryl methyl sites for hydroxylation is 1. The van der Waals surface area contributed by atoms with Crippen LogP contribution < -0.4 is 14.8 Å². The Morgan fingerprint density at radius 2 is 1.72 bits per heavy atom. The van der Waals surface area contributed by atoms with Crippen molar-refractivity contribution in [3.63, 3.8) is 0 Å². The largest absolute Gasteiger partial charge is 0.484 e. The summed E-state index contributed by atoms with van der Waals surface area (Å²) in [5, 5.41) is 2.72. The molecule has 0 aliphatic rings. The number of benzene rings is 3. The maximum Gasteiger partial charge on any atom is 0.262 e. The summed E-state index contributed by atoms with van der Waals surface area (Å²) in [5.41, 5.74) is 2.00. The number of amides is 1. The van der Waals surface area contributed by atoms with Gasteiger partial charge in [-0.15, -0.1) is 0 Å². The van der Waals surface area contributed by atoms with Crippen LogP contribution in [0.4, 0.5) is 11.4 Å². The normalized spacial score (nSPS) is 11.0. The van der Waals surface area contributed by atoms with Gasteiger partial charge >= 0.3 is 0 Å². The first-order chi connectivity index (χ1) is 13.8. The van der Waals surface area contributed by atoms with E-state index < -0.39 is 10.0 Å². The van der Waals surface area contributed by atoms with Crippen LogP contribution in [0.15, 0.2) is 82.2 Å². The number of anilines is 2. The Bertz CT molecular complexity index is 1120. The van der Waals surface area contributed by atoms with Crippen LogP contribution in [0.5, 0.6) is 5.75 Å². The highest BCUT2D eigenvalue weighted by molar-refractivity contribution is 9.10. The van der Waals surface area contributed by atoms with E-state index in [9.17, 15) is 13.2 Å². The second-order valence-corrected chi connectivity index (χ2v) is 8.84. The smallest absolute Gasteiger partial charge is 0.262 e. The molecule has 2 N–H and O–H groups in total. The van der Waals surface area contributed by atoms with Crippen molar-refractivity contribution in [3.05, 3.63) is 82.8 Å². The average molecular weight is 475 g/mol. The molecule has 0 bridgehead atoms. The second-order valence-electron chi connectivity index (χ2n) is 6.24. The number of carbonyl (C=O) groups excluding carboxylic acids is 1. The zero-order chi connectivity index (χ0) is 20.9. The van der Waals surface area contributed by atoms with E-state index in [2.05, 4.69) is 26.0 Å². The van der Waals surface area contributed by atoms with Crippen molar-refractivity contribution in [3.8, 4) is 5.75 Å². The van der Waals surface area contributed by atoms with E-state index in [1.165, 1.54) is 24.3 Å². The number of sulfonamides is 1. The van der Waals surface area contributed by atoms with Crippen LogP contribution in [-0.2, 0) is 14.8 Å². The zero-order valence-electron chi connectivity index (χ0n) is 15.6. The van der Waals surface area contributed by atoms with Crippen molar-refractivity contribution in [1.82, 2.24) is 0 Å². The number of hydrogen-bond donors (Lipinski definition) is 2. The summed E-state index contributed by atoms with van der Waals surface area (Å²) in [7, 11) is -3.72. The van der Waals surface area contributed by atoms with E-state index in [4.69, 9.17) is 4.74 Å². The number of halogens is 1. The molecule has 0 spiro atoms. The Balaban J connectivity index is 1.59. The van der Waals surface area contributed by atoms with E-state index in [0.717, 1.165) is 10.0 Å². The molecule has 150 valence electrons. The molecule has 3 rings (SSSR count). The quantitative estimate of drug-likeness (QED) is 0.524. The van der Waals surface area contributed by atoms with Crippen LogP contribution in [-0.4, -0.2) is 20.9 Å². The van der Waals surface area contributed by atoms with Crippen molar-refractivity contribution in [2.75, 3.05) is 16.6 Å². The summed E-state index contributed by atoms with van der Waals surface area (Å²) in [6.07, 6.45) is 0. The van der Waals surface area contributed by atoms with Crippen molar-refractivity contribution in [2.45, 2.75) is 11.8 Å². The molecule has 0 fully saturated rings. The topological polar surface area (TPSA) is 84.5 Å². The van der Waals surface area contributed by atoms with Crippen LogP contribution >= 0.6 is 15.9 Å². The van der Waals surface area contributed by atoms with Gasteiger partial charge in [0.2, 0.25) is 0 Å². The third kappa shape index (κ3) is 5.82. The fourth-order valence-electron chi connectivity index (χ4n) is 2.52. The fourth-order valence-corrected chi connectivity index (χ4v) is 4.05. The van der Waals surface area contributed by atoms with Gasteiger partial charge in [0.1, 0.15) is 5.75 Å². The number of para-hydroxylation sites is 1. The van der Waals surface area contributed by atoms with Crippen LogP contribution in [0.2, 0.25) is 0 Å². The molecule has 0 atom stereocenters. The molecule has 0 saturated heterocycles. The number of hydrogen-bond acceptors (Lipinski definition) is 4. The third-order valence-corrected chi connectivity index (χ3v) is 5.88. The fraction of sp³-hybridized carbons (Fsp3) is 0.0952. The summed E-state index contributed by atoms with van der Waals surface area (Å²) in [6.45, 7) is 1.63. The summed E-state index contributed by atoms with van der Waals surface area (Å²) < 4.78 is 33.9. The van der Waals surface area contributed by atoms with Gasteiger partial charge in [0.15, 0.2) is 6.61 Å². The van der Waals surface area contributed by atoms with E-state index in [0.29, 0.717) is 17.1 Å². The zero-order valence-corrected chi connectivity index (χ0v) is 18.0. The molecule has 0 aliphatic heterocycles. The highest BCUT2D eigenvalue weighted by Gasteiger charge is 2.15. The molecule has 0 saturated carbocycles. The molecule has 8 heteroatoms. The summed E-state index contributed by atoms with van der Waals surface area (Å²) in [4.78, 5) is 12.1. The molecule has 0 unspecified atom stereocenters. The number of carbonyl (C=O) groups is 1. The molecular weight excluding hydrogens is 456 g/mol. The van der Waals surface area contributed by atoms with Crippen LogP contribution in [0.1, 0.15) is 5.56 Å². The molecular formula is C21H19BrN2O4S. The molecule has 1 amide bonds. The van der Waals surface area contributed by atoms with E-state index in [-0.39, 0.29) is 17.4 Å². The Kier molecular flexibility index (Phi) is 6.56. The van der Waals surface area contributed by atoms with Crippen molar-refractivity contribution < 1.29 is 17.9 Å². The monoisotopic (exact) mass is 474 g/mol. The minimum Gasteiger partial charge on any atom is -0.484 e. The maximum atomic E-state index is 12.5. The highest BCUT2D eigenvalue weighted by Crippen LogP contribution is 2.21. The Labute approximate surface area is 178 Å². The number of rotatable bonds is 7. The van der Waals surface area contributed by atoms with Gasteiger partial charge in [-0.05, 0) is 61.0 Å². The lowest BCUT2D eigenvalue weighted by atomic mass is 10.2. The van der Waals surface area contributed by atoms with Gasteiger partial charge in [-0.3, -0.25) is 9.52 Å². The van der Waals surface area contributed by atoms with Gasteiger partial charge in [0.05, 0.1) is 10.6 Å². The Morgan fingerprint density at radius 3 is 2.41 bits per heavy atom. The standard InChI is InChI=1S/C21H19BrN2O4S/c1-15-5-2-3-8-20(15)24-29(26,27)19-11-9-18(10-12-19)28-14-21(25)23-17-7-4-6-16(22)13-17/h2-13,24H,14H2,1H3,(H,23,25). The van der Waals surface area contributed by atoms with Crippen molar-refractivity contribution in [2.24, 2.45) is 0 Å². The minimum absolute atomic E-state index is 0.103. The highest BCUT2D eigenvalue weighted by atomic mass is 79.9. The predicted molar refractivity (Wildman–Crippen MR) is 117 cm³/mol. The van der Waals surface area contributed by atoms with E-state index >= 15 is 0 Å². The van der Waals surface area contributed by atoms with Gasteiger partial charge in [0, 0.05) is 10.2 Å². The molecule has 0 radical (unpaired) electrons. The second kappa shape index (κ2) is 9.11. The molecule has 3 aromatic rings. The summed E-state index contributed by atoms with van der Waals surface area (Å²) in [5.74, 6) is 0.0743. The van der Waals surface area contributed by atoms with Gasteiger partial charge in [-0.2, -0.15) is 0 Å². The van der Waals surface area contributed by atoms with E-state index in [1.54, 1.807) is 24.3 Å². The summed E-state index contributed by atoms with van der Waals surface area (Å²) in [6, 6.07) is 20.2. The molecule has 0 aromatic heterocycles. The SMILES string of the molecule is Cc1ccccc1NS(=O)(=O)c1ccc(OCC(=O)Nc2cccc(Br)c2)cc1. The first-order valence-electron chi connectivity index (χ1n) is 8.70. The van der Waals surface area contributed by atoms with Gasteiger partial charge in [0.25, 0.3) is 15.9 Å². The van der Waals surface area contributed by atoms with Crippen molar-refractivity contribution >= 4 is 43.2 Å². The van der Waals surface area contributed by atoms with E-state index in [1.807, 2.05) is 31.2 Å². The first kappa shape index (κ1) is 20.9. The lowest BCUT2D eigenvalue weighted by molar-refractivity contribution is -0.118. The number of nitrogens with one attached hydrogen (secondary N) is 2. The first-order valence-corrected chi connectivity index (χ1v) is 11.0. The van der Waals surface area contributed by atoms with Crippen LogP contribution in [0.3, 0.4) is 0 Å². The third-order valence-electron chi connectivity index (χ3n) is 4.00. The minimum atomic E-state index is -3.72. The maximum absolute atomic E-state index is 12.5. The Hall–Kier alpha value is -2.84. The summed E-state index contributed by atoms with van der Waals surface area (Å²) >= 11 is 3.34. The molecule has 6 nitrogen and oxygen atoms in total. The Morgan fingerprint density at radius 1 is 1.00 bits per heavy atom. The molecule has 0 heterocycles. The van der Waals surface area contributed by atoms with Gasteiger partial charge < -0.3 is 10.1 Å². The lowest BCUT2D eigenvalue weighted by Gasteiger charge is -2.11. The molecule has 0 aliphatic carbocycles. The predicted octanol–water partition coefficient (Wildman–Crippen LogP) is 4.58. The van der Waals surface area contributed by atoms with Gasteiger partial charge in [-0.1, -0.05) is 40.2 Å². The average Bonchev–Trinajstić information content (AvgIpc) is 2.68. The van der Waals surface area contributed by atoms with Gasteiger partial charge in [-0.25, -0.2) is 8.42 Å². The lowest BCUT2D eigenvalue weighted by Crippen LogP contribution is -2.20. The van der Waals surface area contributed by atoms with Crippen LogP contribution in [0, 0.1) is 6.92 Å². The van der Waals surface area contributed by atoms with Crippen molar-refractivity contribution in [1.29, 1.82) is 0 Å². The molecule has 3 aromatic carbocycles. The number of ether oxygens (including phenoxy) is 1. The van der Waals surface area contributed by atoms with Crippen LogP contribution in [0.25, 0.3) is 0 Å². The molecule has 29 heavy (non-hydrogen) atoms.